The van der Waals surface area contributed by atoms with Gasteiger partial charge in [-0.15, -0.1) is 0 Å². The van der Waals surface area contributed by atoms with E-state index >= 15 is 0 Å². The lowest BCUT2D eigenvalue weighted by atomic mass is 10.2. The second kappa shape index (κ2) is 7.79. The van der Waals surface area contributed by atoms with Gasteiger partial charge in [0.2, 0.25) is 0 Å². The quantitative estimate of drug-likeness (QED) is 0.815. The Labute approximate surface area is 146 Å². The third kappa shape index (κ3) is 3.91. The van der Waals surface area contributed by atoms with Crippen LogP contribution in [0.3, 0.4) is 0 Å². The van der Waals surface area contributed by atoms with E-state index in [2.05, 4.69) is 33.5 Å². The van der Waals surface area contributed by atoms with E-state index in [0.717, 1.165) is 44.7 Å². The maximum atomic E-state index is 12.3. The fourth-order valence-corrected chi connectivity index (χ4v) is 3.19. The number of hydrogen-bond donors (Lipinski definition) is 2. The molecule has 0 spiro atoms. The number of carbonyl (C=O) groups excluding carboxylic acids is 1. The van der Waals surface area contributed by atoms with Crippen molar-refractivity contribution in [3.8, 4) is 0 Å². The number of carbonyl (C=O) groups is 1. The number of aliphatic hydroxyl groups is 1. The highest BCUT2D eigenvalue weighted by Crippen LogP contribution is 2.15. The van der Waals surface area contributed by atoms with E-state index in [-0.39, 0.29) is 18.2 Å². The minimum absolute atomic E-state index is 0.134. The summed E-state index contributed by atoms with van der Waals surface area (Å²) in [5, 5.41) is 20.5. The molecule has 25 heavy (non-hydrogen) atoms. The molecule has 3 rings (SSSR count). The van der Waals surface area contributed by atoms with Crippen LogP contribution in [0.25, 0.3) is 0 Å². The van der Waals surface area contributed by atoms with Crippen LogP contribution in [-0.4, -0.2) is 43.9 Å². The molecule has 8 nitrogen and oxygen atoms in total. The molecular weight excluding hydrogens is 322 g/mol. The lowest BCUT2D eigenvalue weighted by Crippen LogP contribution is -2.25. The number of amides is 1. The zero-order valence-corrected chi connectivity index (χ0v) is 14.8. The van der Waals surface area contributed by atoms with Gasteiger partial charge in [0.05, 0.1) is 30.1 Å². The summed E-state index contributed by atoms with van der Waals surface area (Å²) >= 11 is 0. The Kier molecular flexibility index (Phi) is 5.50. The molecule has 3 heterocycles. The van der Waals surface area contributed by atoms with Gasteiger partial charge >= 0.3 is 0 Å². The zero-order chi connectivity index (χ0) is 17.8. The molecule has 0 saturated heterocycles. The van der Waals surface area contributed by atoms with Gasteiger partial charge in [-0.25, -0.2) is 0 Å². The fraction of sp³-hybridized carbons (Fsp3) is 0.588. The number of aromatic nitrogens is 3. The lowest BCUT2D eigenvalue weighted by Gasteiger charge is -2.17. The highest BCUT2D eigenvalue weighted by Gasteiger charge is 2.20. The van der Waals surface area contributed by atoms with Crippen LogP contribution in [0.15, 0.2) is 10.6 Å². The minimum Gasteiger partial charge on any atom is -0.391 e. The van der Waals surface area contributed by atoms with Crippen molar-refractivity contribution in [1.29, 1.82) is 0 Å². The number of nitrogens with zero attached hydrogens (tertiary/aromatic N) is 4. The van der Waals surface area contributed by atoms with E-state index in [1.807, 2.05) is 4.68 Å². The van der Waals surface area contributed by atoms with E-state index in [1.165, 1.54) is 5.69 Å². The molecular formula is C17H25N5O3. The third-order valence-electron chi connectivity index (χ3n) is 4.47. The van der Waals surface area contributed by atoms with Crippen molar-refractivity contribution < 1.29 is 14.4 Å². The summed E-state index contributed by atoms with van der Waals surface area (Å²) in [6.45, 7) is 7.89. The third-order valence-corrected chi connectivity index (χ3v) is 4.47. The van der Waals surface area contributed by atoms with Gasteiger partial charge in [-0.3, -0.25) is 14.4 Å². The number of nitrogens with one attached hydrogen (secondary N) is 1. The Morgan fingerprint density at radius 2 is 2.28 bits per heavy atom. The second-order valence-corrected chi connectivity index (χ2v) is 6.39. The van der Waals surface area contributed by atoms with Crippen molar-refractivity contribution in [1.82, 2.24) is 25.2 Å². The van der Waals surface area contributed by atoms with E-state index in [4.69, 9.17) is 4.52 Å². The SMILES string of the molecule is CCCN1CCCn2nc(CNC(=O)c3noc(C)c3CO)cc2C1. The molecule has 0 atom stereocenters. The zero-order valence-electron chi connectivity index (χ0n) is 14.8. The first-order valence-corrected chi connectivity index (χ1v) is 8.74. The van der Waals surface area contributed by atoms with Crippen LogP contribution in [-0.2, 0) is 26.2 Å². The van der Waals surface area contributed by atoms with Gasteiger partial charge in [0.25, 0.3) is 5.91 Å². The first-order chi connectivity index (χ1) is 12.1. The standard InChI is InChI=1S/C17H25N5O3/c1-3-5-21-6-4-7-22-14(10-21)8-13(19-22)9-18-17(24)16-15(11-23)12(2)25-20-16/h8,23H,3-7,9-11H2,1-2H3,(H,18,24). The van der Waals surface area contributed by atoms with Crippen molar-refractivity contribution in [2.45, 2.75) is 52.9 Å². The molecule has 2 aromatic rings. The number of fused-ring (bicyclic) bond motifs is 1. The van der Waals surface area contributed by atoms with Gasteiger partial charge < -0.3 is 14.9 Å². The van der Waals surface area contributed by atoms with Crippen molar-refractivity contribution >= 4 is 5.91 Å². The second-order valence-electron chi connectivity index (χ2n) is 6.39. The van der Waals surface area contributed by atoms with Gasteiger partial charge in [0.15, 0.2) is 5.69 Å². The Hall–Kier alpha value is -2.19. The summed E-state index contributed by atoms with van der Waals surface area (Å²) in [6.07, 6.45) is 2.22. The monoisotopic (exact) mass is 347 g/mol. The molecule has 0 saturated carbocycles. The van der Waals surface area contributed by atoms with Crippen LogP contribution >= 0.6 is 0 Å². The van der Waals surface area contributed by atoms with Crippen molar-refractivity contribution in [3.05, 3.63) is 34.5 Å². The lowest BCUT2D eigenvalue weighted by molar-refractivity contribution is 0.0938. The maximum Gasteiger partial charge on any atom is 0.274 e. The Bertz CT molecular complexity index is 737. The van der Waals surface area contributed by atoms with E-state index in [9.17, 15) is 9.90 Å². The van der Waals surface area contributed by atoms with Crippen LogP contribution < -0.4 is 5.32 Å². The summed E-state index contributed by atoms with van der Waals surface area (Å²) < 4.78 is 7.02. The largest absolute Gasteiger partial charge is 0.391 e. The molecule has 0 aromatic carbocycles. The maximum absolute atomic E-state index is 12.3. The number of hydrogen-bond acceptors (Lipinski definition) is 6. The van der Waals surface area contributed by atoms with E-state index in [0.29, 0.717) is 17.9 Å². The Balaban J connectivity index is 1.64. The smallest absolute Gasteiger partial charge is 0.274 e. The number of aryl methyl sites for hydroxylation is 2. The summed E-state index contributed by atoms with van der Waals surface area (Å²) in [5.74, 6) is 0.0917. The van der Waals surface area contributed by atoms with Crippen LogP contribution in [0.2, 0.25) is 0 Å². The Morgan fingerprint density at radius 1 is 1.44 bits per heavy atom. The molecule has 2 N–H and O–H groups in total. The van der Waals surface area contributed by atoms with Crippen LogP contribution in [0.5, 0.6) is 0 Å². The van der Waals surface area contributed by atoms with Crippen LogP contribution in [0, 0.1) is 6.92 Å². The molecule has 136 valence electrons. The topological polar surface area (TPSA) is 96.4 Å². The molecule has 1 amide bonds. The predicted octanol–water partition coefficient (Wildman–Crippen LogP) is 1.22. The van der Waals surface area contributed by atoms with Gasteiger partial charge in [0.1, 0.15) is 5.76 Å². The average molecular weight is 347 g/mol. The summed E-state index contributed by atoms with van der Waals surface area (Å²) in [6, 6.07) is 2.05. The summed E-state index contributed by atoms with van der Waals surface area (Å²) in [4.78, 5) is 14.7. The highest BCUT2D eigenvalue weighted by atomic mass is 16.5. The predicted molar refractivity (Wildman–Crippen MR) is 90.7 cm³/mol. The summed E-state index contributed by atoms with van der Waals surface area (Å²) in [5.41, 5.74) is 2.57. The molecule has 2 aromatic heterocycles. The first-order valence-electron chi connectivity index (χ1n) is 8.74. The van der Waals surface area contributed by atoms with Gasteiger partial charge in [-0.05, 0) is 32.4 Å². The van der Waals surface area contributed by atoms with Gasteiger partial charge in [-0.2, -0.15) is 5.10 Å². The van der Waals surface area contributed by atoms with Crippen LogP contribution in [0.1, 0.15) is 53.0 Å². The molecule has 1 aliphatic rings. The minimum atomic E-state index is -0.364. The van der Waals surface area contributed by atoms with Gasteiger partial charge in [0, 0.05) is 19.6 Å². The highest BCUT2D eigenvalue weighted by molar-refractivity contribution is 5.93. The number of aliphatic hydroxyl groups excluding tert-OH is 1. The normalized spacial score (nSPS) is 15.0. The molecule has 1 aliphatic heterocycles. The van der Waals surface area contributed by atoms with E-state index in [1.54, 1.807) is 6.92 Å². The van der Waals surface area contributed by atoms with E-state index < -0.39 is 0 Å². The Morgan fingerprint density at radius 3 is 3.04 bits per heavy atom. The molecule has 8 heteroatoms. The van der Waals surface area contributed by atoms with Crippen LogP contribution in [0.4, 0.5) is 0 Å². The fourth-order valence-electron chi connectivity index (χ4n) is 3.19. The number of rotatable bonds is 6. The van der Waals surface area contributed by atoms with Crippen molar-refractivity contribution in [2.75, 3.05) is 13.1 Å². The molecule has 0 fully saturated rings. The average Bonchev–Trinajstić information content (AvgIpc) is 3.10. The first kappa shape index (κ1) is 17.6. The molecule has 0 bridgehead atoms. The molecule has 0 unspecified atom stereocenters. The molecule has 0 aliphatic carbocycles. The van der Waals surface area contributed by atoms with Crippen molar-refractivity contribution in [2.24, 2.45) is 0 Å². The molecule has 0 radical (unpaired) electrons. The van der Waals surface area contributed by atoms with Crippen molar-refractivity contribution in [3.63, 3.8) is 0 Å². The van der Waals surface area contributed by atoms with Gasteiger partial charge in [-0.1, -0.05) is 12.1 Å². The summed E-state index contributed by atoms with van der Waals surface area (Å²) in [7, 11) is 0.